The Kier molecular flexibility index (Phi) is 4.33. The smallest absolute Gasteiger partial charge is 0.155 e. The van der Waals surface area contributed by atoms with Crippen molar-refractivity contribution in [3.63, 3.8) is 0 Å². The molecule has 4 aromatic rings. The van der Waals surface area contributed by atoms with Crippen molar-refractivity contribution in [3.05, 3.63) is 34.0 Å². The molecule has 0 radical (unpaired) electrons. The van der Waals surface area contributed by atoms with Gasteiger partial charge in [-0.3, -0.25) is 0 Å². The zero-order chi connectivity index (χ0) is 16.8. The van der Waals surface area contributed by atoms with Crippen LogP contribution in [0.2, 0.25) is 0 Å². The maximum Gasteiger partial charge on any atom is 0.155 e. The van der Waals surface area contributed by atoms with Crippen molar-refractivity contribution in [3.8, 4) is 19.8 Å². The van der Waals surface area contributed by atoms with Crippen LogP contribution in [0.15, 0.2) is 24.3 Å². The van der Waals surface area contributed by atoms with E-state index >= 15 is 0 Å². The Hall–Kier alpha value is -1.08. The van der Waals surface area contributed by atoms with Crippen molar-refractivity contribution in [1.82, 2.24) is 9.97 Å². The Bertz CT molecular complexity index is 877. The first-order valence-corrected chi connectivity index (χ1v) is 11.3. The second-order valence-corrected chi connectivity index (χ2v) is 10.5. The molecule has 0 aliphatic carbocycles. The minimum Gasteiger partial charge on any atom is -0.222 e. The molecular formula is C18H18N2S4. The first-order chi connectivity index (χ1) is 11.5. The quantitative estimate of drug-likeness (QED) is 0.361. The van der Waals surface area contributed by atoms with E-state index < -0.39 is 0 Å². The maximum absolute atomic E-state index is 4.83. The molecule has 0 amide bonds. The number of thiazole rings is 2. The Morgan fingerprint density at radius 3 is 1.38 bits per heavy atom. The van der Waals surface area contributed by atoms with Gasteiger partial charge in [0, 0.05) is 9.75 Å². The molecule has 0 saturated carbocycles. The fraction of sp³-hybridized carbons (Fsp3) is 0.333. The van der Waals surface area contributed by atoms with E-state index in [1.54, 1.807) is 22.7 Å². The highest BCUT2D eigenvalue weighted by Gasteiger charge is 2.16. The summed E-state index contributed by atoms with van der Waals surface area (Å²) >= 11 is 7.11. The van der Waals surface area contributed by atoms with Crippen molar-refractivity contribution >= 4 is 55.0 Å². The molecule has 6 heteroatoms. The standard InChI is InChI=1S/C18H18N2S4/c1-9(2)11-5-7-13(21-11)15-19-17-18(23-15)20-16(24-17)14-8-6-12(22-14)10(3)4/h5-10H,1-4H3. The van der Waals surface area contributed by atoms with Gasteiger partial charge < -0.3 is 0 Å². The average Bonchev–Trinajstić information content (AvgIpc) is 3.28. The Labute approximate surface area is 157 Å². The summed E-state index contributed by atoms with van der Waals surface area (Å²) in [7, 11) is 0. The minimum absolute atomic E-state index is 0.573. The summed E-state index contributed by atoms with van der Waals surface area (Å²) in [5.74, 6) is 1.15. The van der Waals surface area contributed by atoms with Crippen LogP contribution in [0, 0.1) is 0 Å². The normalized spacial score (nSPS) is 12.1. The number of nitrogens with zero attached hydrogens (tertiary/aromatic N) is 2. The summed E-state index contributed by atoms with van der Waals surface area (Å²) in [5.41, 5.74) is 0. The number of hydrogen-bond acceptors (Lipinski definition) is 6. The van der Waals surface area contributed by atoms with Crippen molar-refractivity contribution in [2.75, 3.05) is 0 Å². The topological polar surface area (TPSA) is 25.8 Å². The third kappa shape index (κ3) is 2.96. The van der Waals surface area contributed by atoms with Crippen LogP contribution in [0.3, 0.4) is 0 Å². The molecule has 4 aromatic heterocycles. The number of aromatic nitrogens is 2. The summed E-state index contributed by atoms with van der Waals surface area (Å²) in [6.07, 6.45) is 0. The molecule has 0 N–H and O–H groups in total. The van der Waals surface area contributed by atoms with Crippen molar-refractivity contribution in [2.45, 2.75) is 39.5 Å². The zero-order valence-corrected chi connectivity index (χ0v) is 17.3. The summed E-state index contributed by atoms with van der Waals surface area (Å²) in [4.78, 5) is 17.1. The summed E-state index contributed by atoms with van der Waals surface area (Å²) < 4.78 is 0. The fourth-order valence-corrected chi connectivity index (χ4v) is 6.58. The van der Waals surface area contributed by atoms with Gasteiger partial charge in [0.15, 0.2) is 9.66 Å². The SMILES string of the molecule is CC(C)c1ccc(-c2nc3sc(-c4ccc(C(C)C)s4)nc3s2)s1. The molecule has 0 aliphatic heterocycles. The van der Waals surface area contributed by atoms with E-state index in [2.05, 4.69) is 52.0 Å². The molecule has 0 spiro atoms. The second kappa shape index (κ2) is 6.33. The van der Waals surface area contributed by atoms with Gasteiger partial charge in [-0.2, -0.15) is 0 Å². The van der Waals surface area contributed by atoms with Crippen LogP contribution in [0.4, 0.5) is 0 Å². The van der Waals surface area contributed by atoms with Gasteiger partial charge in [0.2, 0.25) is 0 Å². The van der Waals surface area contributed by atoms with Gasteiger partial charge in [-0.15, -0.1) is 22.7 Å². The van der Waals surface area contributed by atoms with Crippen molar-refractivity contribution in [2.24, 2.45) is 0 Å². The lowest BCUT2D eigenvalue weighted by atomic mass is 10.2. The number of fused-ring (bicyclic) bond motifs is 1. The zero-order valence-electron chi connectivity index (χ0n) is 14.0. The van der Waals surface area contributed by atoms with Crippen LogP contribution >= 0.6 is 45.3 Å². The van der Waals surface area contributed by atoms with E-state index in [4.69, 9.17) is 9.97 Å². The fourth-order valence-electron chi connectivity index (χ4n) is 2.41. The third-order valence-electron chi connectivity index (χ3n) is 3.79. The molecule has 0 bridgehead atoms. The number of rotatable bonds is 4. The third-order valence-corrected chi connectivity index (χ3v) is 8.93. The van der Waals surface area contributed by atoms with Gasteiger partial charge in [-0.1, -0.05) is 50.4 Å². The molecule has 0 aliphatic rings. The molecule has 4 heterocycles. The van der Waals surface area contributed by atoms with Crippen LogP contribution < -0.4 is 0 Å². The van der Waals surface area contributed by atoms with E-state index in [0.717, 1.165) is 19.7 Å². The Balaban J connectivity index is 1.66. The molecule has 2 nitrogen and oxygen atoms in total. The van der Waals surface area contributed by atoms with E-state index in [1.807, 2.05) is 22.7 Å². The van der Waals surface area contributed by atoms with E-state index in [-0.39, 0.29) is 0 Å². The molecule has 124 valence electrons. The first-order valence-electron chi connectivity index (χ1n) is 7.99. The summed E-state index contributed by atoms with van der Waals surface area (Å²) in [6.45, 7) is 8.93. The van der Waals surface area contributed by atoms with Gasteiger partial charge in [0.1, 0.15) is 10.0 Å². The molecule has 0 atom stereocenters. The minimum atomic E-state index is 0.573. The molecule has 0 aromatic carbocycles. The lowest BCUT2D eigenvalue weighted by Crippen LogP contribution is -1.77. The predicted molar refractivity (Wildman–Crippen MR) is 110 cm³/mol. The molecule has 0 saturated heterocycles. The van der Waals surface area contributed by atoms with Gasteiger partial charge in [-0.05, 0) is 36.1 Å². The number of hydrogen-bond donors (Lipinski definition) is 0. The highest BCUT2D eigenvalue weighted by molar-refractivity contribution is 7.32. The van der Waals surface area contributed by atoms with Crippen LogP contribution in [-0.2, 0) is 0 Å². The molecule has 0 fully saturated rings. The lowest BCUT2D eigenvalue weighted by Gasteiger charge is -1.97. The van der Waals surface area contributed by atoms with Gasteiger partial charge >= 0.3 is 0 Å². The first kappa shape index (κ1) is 16.4. The van der Waals surface area contributed by atoms with Crippen molar-refractivity contribution < 1.29 is 0 Å². The monoisotopic (exact) mass is 390 g/mol. The van der Waals surface area contributed by atoms with Gasteiger partial charge in [-0.25, -0.2) is 9.97 Å². The van der Waals surface area contributed by atoms with Crippen LogP contribution in [-0.4, -0.2) is 9.97 Å². The largest absolute Gasteiger partial charge is 0.222 e. The maximum atomic E-state index is 4.83. The van der Waals surface area contributed by atoms with Crippen molar-refractivity contribution in [1.29, 1.82) is 0 Å². The Morgan fingerprint density at radius 2 is 1.04 bits per heavy atom. The summed E-state index contributed by atoms with van der Waals surface area (Å²) in [6, 6.07) is 8.82. The highest BCUT2D eigenvalue weighted by Crippen LogP contribution is 2.41. The summed E-state index contributed by atoms with van der Waals surface area (Å²) in [5, 5.41) is 2.20. The number of thiophene rings is 2. The van der Waals surface area contributed by atoms with E-state index in [0.29, 0.717) is 11.8 Å². The molecule has 4 rings (SSSR count). The second-order valence-electron chi connectivity index (χ2n) is 6.36. The average molecular weight is 391 g/mol. The predicted octanol–water partition coefficient (Wildman–Crippen LogP) is 7.46. The van der Waals surface area contributed by atoms with E-state index in [1.165, 1.54) is 19.5 Å². The highest BCUT2D eigenvalue weighted by atomic mass is 32.1. The van der Waals surface area contributed by atoms with Crippen LogP contribution in [0.25, 0.3) is 29.4 Å². The van der Waals surface area contributed by atoms with E-state index in [9.17, 15) is 0 Å². The molecular weight excluding hydrogens is 372 g/mol. The van der Waals surface area contributed by atoms with Crippen LogP contribution in [0.5, 0.6) is 0 Å². The van der Waals surface area contributed by atoms with Gasteiger partial charge in [0.05, 0.1) is 9.75 Å². The Morgan fingerprint density at radius 1 is 0.625 bits per heavy atom. The lowest BCUT2D eigenvalue weighted by molar-refractivity contribution is 0.890. The molecule has 0 unspecified atom stereocenters. The molecule has 24 heavy (non-hydrogen) atoms. The van der Waals surface area contributed by atoms with Gasteiger partial charge in [0.25, 0.3) is 0 Å². The van der Waals surface area contributed by atoms with Crippen LogP contribution in [0.1, 0.15) is 49.3 Å².